The molecule has 0 fully saturated rings. The molecule has 2 aromatic heterocycles. The fourth-order valence-electron chi connectivity index (χ4n) is 4.42. The van der Waals surface area contributed by atoms with Crippen LogP contribution in [0.2, 0.25) is 0 Å². The number of aromatic nitrogens is 1. The first-order valence-electron chi connectivity index (χ1n) is 11.1. The zero-order valence-electron chi connectivity index (χ0n) is 20.6. The first-order valence-corrected chi connectivity index (χ1v) is 11.1. The lowest BCUT2D eigenvalue weighted by atomic mass is 10.0. The summed E-state index contributed by atoms with van der Waals surface area (Å²) in [5, 5.41) is 1.33. The van der Waals surface area contributed by atoms with Gasteiger partial charge in [-0.25, -0.2) is 4.79 Å². The molecule has 4 rings (SSSR count). The number of hydrogen-bond donors (Lipinski definition) is 0. The van der Waals surface area contributed by atoms with E-state index in [1.54, 1.807) is 26.2 Å². The van der Waals surface area contributed by atoms with Crippen molar-refractivity contribution in [1.29, 1.82) is 0 Å². The molecule has 0 atom stereocenters. The number of ether oxygens (including phenoxy) is 3. The summed E-state index contributed by atoms with van der Waals surface area (Å²) in [5.74, 6) is 0.315. The average molecular weight is 478 g/mol. The summed E-state index contributed by atoms with van der Waals surface area (Å²) >= 11 is 0. The van der Waals surface area contributed by atoms with Crippen molar-refractivity contribution >= 4 is 33.6 Å². The molecular weight excluding hydrogens is 450 g/mol. The molecule has 8 nitrogen and oxygen atoms in total. The quantitative estimate of drug-likeness (QED) is 0.224. The third kappa shape index (κ3) is 4.27. The number of carbonyl (C=O) groups excluding carboxylic acids is 2. The lowest BCUT2D eigenvalue weighted by Crippen LogP contribution is -2.17. The maximum absolute atomic E-state index is 13.4. The molecule has 182 valence electrons. The largest absolute Gasteiger partial charge is 0.497 e. The van der Waals surface area contributed by atoms with Crippen molar-refractivity contribution < 1.29 is 28.2 Å². The van der Waals surface area contributed by atoms with Gasteiger partial charge in [-0.3, -0.25) is 9.59 Å². The van der Waals surface area contributed by atoms with Gasteiger partial charge in [0.05, 0.1) is 31.6 Å². The van der Waals surface area contributed by atoms with E-state index in [1.807, 2.05) is 43.7 Å². The third-order valence-corrected chi connectivity index (χ3v) is 6.37. The minimum atomic E-state index is -0.603. The Labute approximate surface area is 202 Å². The SMILES string of the molecule is COC(=O)Cc1c(C)c2c(OCC(=O)c3c(C)n(C)c4ccc(OC)cc34)cc(C)cc2oc1=O. The Morgan fingerprint density at radius 3 is 2.49 bits per heavy atom. The van der Waals surface area contributed by atoms with E-state index in [2.05, 4.69) is 0 Å². The number of aryl methyl sites for hydroxylation is 3. The van der Waals surface area contributed by atoms with Crippen LogP contribution < -0.4 is 15.1 Å². The van der Waals surface area contributed by atoms with Crippen LogP contribution in [-0.2, 0) is 23.0 Å². The summed E-state index contributed by atoms with van der Waals surface area (Å²) in [6.45, 7) is 5.23. The monoisotopic (exact) mass is 477 g/mol. The molecule has 0 saturated carbocycles. The average Bonchev–Trinajstić information content (AvgIpc) is 3.08. The molecule has 0 radical (unpaired) electrons. The van der Waals surface area contributed by atoms with Gasteiger partial charge in [0.15, 0.2) is 6.61 Å². The molecule has 0 aliphatic carbocycles. The Morgan fingerprint density at radius 1 is 1.06 bits per heavy atom. The summed E-state index contributed by atoms with van der Waals surface area (Å²) < 4.78 is 23.5. The molecule has 0 amide bonds. The van der Waals surface area contributed by atoms with Crippen molar-refractivity contribution in [1.82, 2.24) is 4.57 Å². The standard InChI is InChI=1S/C27H27NO7/c1-14-9-22(25-15(2)18(12-24(30)33-6)27(31)35-23(25)10-14)34-13-21(29)26-16(3)28(4)20-8-7-17(32-5)11-19(20)26/h7-11H,12-13H2,1-6H3. The number of benzene rings is 2. The van der Waals surface area contributed by atoms with E-state index in [9.17, 15) is 14.4 Å². The van der Waals surface area contributed by atoms with Crippen LogP contribution in [0.4, 0.5) is 0 Å². The Morgan fingerprint density at radius 2 is 1.80 bits per heavy atom. The van der Waals surface area contributed by atoms with Crippen LogP contribution in [0.15, 0.2) is 39.5 Å². The highest BCUT2D eigenvalue weighted by molar-refractivity contribution is 6.10. The molecule has 2 heterocycles. The van der Waals surface area contributed by atoms with Crippen molar-refractivity contribution in [3.63, 3.8) is 0 Å². The van der Waals surface area contributed by atoms with Gasteiger partial charge in [-0.1, -0.05) is 0 Å². The first kappa shape index (κ1) is 24.1. The number of fused-ring (bicyclic) bond motifs is 2. The van der Waals surface area contributed by atoms with Gasteiger partial charge in [0.25, 0.3) is 0 Å². The minimum Gasteiger partial charge on any atom is -0.497 e. The van der Waals surface area contributed by atoms with Gasteiger partial charge in [-0.05, 0) is 62.2 Å². The van der Waals surface area contributed by atoms with E-state index >= 15 is 0 Å². The van der Waals surface area contributed by atoms with Crippen molar-refractivity contribution in [3.05, 3.63) is 68.7 Å². The highest BCUT2D eigenvalue weighted by Gasteiger charge is 2.22. The lowest BCUT2D eigenvalue weighted by Gasteiger charge is -2.13. The van der Waals surface area contributed by atoms with E-state index in [0.717, 1.165) is 22.2 Å². The summed E-state index contributed by atoms with van der Waals surface area (Å²) in [6, 6.07) is 9.12. The number of carbonyl (C=O) groups is 2. The molecule has 8 heteroatoms. The Balaban J connectivity index is 1.75. The predicted molar refractivity (Wildman–Crippen MR) is 132 cm³/mol. The van der Waals surface area contributed by atoms with Crippen molar-refractivity contribution in [2.45, 2.75) is 27.2 Å². The van der Waals surface area contributed by atoms with E-state index in [4.69, 9.17) is 18.6 Å². The molecular formula is C27H27NO7. The van der Waals surface area contributed by atoms with Crippen LogP contribution in [0.1, 0.15) is 32.7 Å². The summed E-state index contributed by atoms with van der Waals surface area (Å²) in [7, 11) is 4.75. The topological polar surface area (TPSA) is 97.0 Å². The molecule has 2 aromatic carbocycles. The summed E-state index contributed by atoms with van der Waals surface area (Å²) in [4.78, 5) is 37.7. The number of ketones is 1. The van der Waals surface area contributed by atoms with Crippen molar-refractivity contribution in [2.24, 2.45) is 7.05 Å². The smallest absolute Gasteiger partial charge is 0.340 e. The van der Waals surface area contributed by atoms with Crippen LogP contribution in [0.5, 0.6) is 11.5 Å². The maximum atomic E-state index is 13.4. The maximum Gasteiger partial charge on any atom is 0.340 e. The summed E-state index contributed by atoms with van der Waals surface area (Å²) in [5.41, 5.74) is 3.57. The Bertz CT molecular complexity index is 1540. The van der Waals surface area contributed by atoms with Crippen LogP contribution >= 0.6 is 0 Å². The van der Waals surface area contributed by atoms with Gasteiger partial charge in [0.2, 0.25) is 5.78 Å². The van der Waals surface area contributed by atoms with E-state index < -0.39 is 11.6 Å². The number of nitrogens with zero attached hydrogens (tertiary/aromatic N) is 1. The van der Waals surface area contributed by atoms with Gasteiger partial charge < -0.3 is 23.2 Å². The second-order valence-corrected chi connectivity index (χ2v) is 8.50. The number of Topliss-reactive ketones (excluding diaryl/α,β-unsaturated/α-hetero) is 1. The molecule has 0 unspecified atom stereocenters. The fraction of sp³-hybridized carbons (Fsp3) is 0.296. The van der Waals surface area contributed by atoms with E-state index in [0.29, 0.717) is 33.6 Å². The molecule has 0 spiro atoms. The van der Waals surface area contributed by atoms with E-state index in [-0.39, 0.29) is 24.4 Å². The molecule has 0 saturated heterocycles. The van der Waals surface area contributed by atoms with Gasteiger partial charge >= 0.3 is 11.6 Å². The van der Waals surface area contributed by atoms with E-state index in [1.165, 1.54) is 7.11 Å². The predicted octanol–water partition coefficient (Wildman–Crippen LogP) is 4.20. The number of rotatable bonds is 7. The van der Waals surface area contributed by atoms with Crippen LogP contribution in [-0.4, -0.2) is 37.1 Å². The second-order valence-electron chi connectivity index (χ2n) is 8.50. The fourth-order valence-corrected chi connectivity index (χ4v) is 4.42. The van der Waals surface area contributed by atoms with Gasteiger partial charge in [0.1, 0.15) is 17.1 Å². The second kappa shape index (κ2) is 9.29. The molecule has 4 aromatic rings. The zero-order chi connectivity index (χ0) is 25.4. The summed E-state index contributed by atoms with van der Waals surface area (Å²) in [6.07, 6.45) is -0.218. The number of methoxy groups -OCH3 is 2. The third-order valence-electron chi connectivity index (χ3n) is 6.37. The van der Waals surface area contributed by atoms with Gasteiger partial charge in [-0.2, -0.15) is 0 Å². The van der Waals surface area contributed by atoms with Gasteiger partial charge in [0, 0.05) is 29.2 Å². The normalized spacial score (nSPS) is 11.1. The Kier molecular flexibility index (Phi) is 6.39. The Hall–Kier alpha value is -4.07. The minimum absolute atomic E-state index is 0.194. The highest BCUT2D eigenvalue weighted by atomic mass is 16.5. The lowest BCUT2D eigenvalue weighted by molar-refractivity contribution is -0.139. The molecule has 35 heavy (non-hydrogen) atoms. The molecule has 0 aliphatic rings. The van der Waals surface area contributed by atoms with Gasteiger partial charge in [-0.15, -0.1) is 0 Å². The highest BCUT2D eigenvalue weighted by Crippen LogP contribution is 2.33. The number of esters is 1. The molecule has 0 bridgehead atoms. The first-order chi connectivity index (χ1) is 16.7. The van der Waals surface area contributed by atoms with Crippen LogP contribution in [0.3, 0.4) is 0 Å². The van der Waals surface area contributed by atoms with Crippen molar-refractivity contribution in [3.8, 4) is 11.5 Å². The zero-order valence-corrected chi connectivity index (χ0v) is 20.6. The number of hydrogen-bond acceptors (Lipinski definition) is 7. The van der Waals surface area contributed by atoms with Crippen LogP contribution in [0.25, 0.3) is 21.9 Å². The van der Waals surface area contributed by atoms with Crippen LogP contribution in [0, 0.1) is 20.8 Å². The van der Waals surface area contributed by atoms with Crippen molar-refractivity contribution in [2.75, 3.05) is 20.8 Å². The molecule has 0 aliphatic heterocycles. The molecule has 0 N–H and O–H groups in total.